The van der Waals surface area contributed by atoms with Crippen LogP contribution in [0.3, 0.4) is 0 Å². The lowest BCUT2D eigenvalue weighted by Crippen LogP contribution is -2.40. The number of ether oxygens (including phenoxy) is 1. The van der Waals surface area contributed by atoms with Crippen LogP contribution >= 0.6 is 0 Å². The summed E-state index contributed by atoms with van der Waals surface area (Å²) in [7, 11) is 1.78. The monoisotopic (exact) mass is 479 g/mol. The van der Waals surface area contributed by atoms with Gasteiger partial charge in [-0.2, -0.15) is 5.06 Å². The van der Waals surface area contributed by atoms with Gasteiger partial charge in [0.2, 0.25) is 5.91 Å². The number of nitrogens with one attached hydrogen (secondary N) is 2. The van der Waals surface area contributed by atoms with Crippen molar-refractivity contribution < 1.29 is 19.2 Å². The third-order valence-electron chi connectivity index (χ3n) is 5.33. The predicted octanol–water partition coefficient (Wildman–Crippen LogP) is 4.61. The van der Waals surface area contributed by atoms with Crippen molar-refractivity contribution in [3.05, 3.63) is 83.7 Å². The smallest absolute Gasteiger partial charge is 0.302 e. The highest BCUT2D eigenvalue weighted by Gasteiger charge is 2.19. The Morgan fingerprint density at radius 3 is 2.43 bits per heavy atom. The normalized spacial score (nSPS) is 11.4. The highest BCUT2D eigenvalue weighted by molar-refractivity contribution is 5.95. The van der Waals surface area contributed by atoms with E-state index in [1.165, 1.54) is 12.5 Å². The number of carbonyl (C=O) groups excluding carboxylic acids is 2. The fourth-order valence-corrected chi connectivity index (χ4v) is 3.38. The molecule has 188 valence electrons. The van der Waals surface area contributed by atoms with Gasteiger partial charge in [0.15, 0.2) is 0 Å². The van der Waals surface area contributed by atoms with Crippen LogP contribution in [0.2, 0.25) is 0 Å². The molecule has 2 aromatic rings. The van der Waals surface area contributed by atoms with Crippen LogP contribution in [0, 0.1) is 0 Å². The number of rotatable bonds is 15. The van der Waals surface area contributed by atoms with Crippen LogP contribution < -0.4 is 10.6 Å². The average molecular weight is 480 g/mol. The Kier molecular flexibility index (Phi) is 12.3. The van der Waals surface area contributed by atoms with Gasteiger partial charge in [-0.25, -0.2) is 0 Å². The molecule has 7 heteroatoms. The first-order valence-electron chi connectivity index (χ1n) is 12.0. The lowest BCUT2D eigenvalue weighted by atomic mass is 10.0. The Balaban J connectivity index is 1.93. The van der Waals surface area contributed by atoms with E-state index in [-0.39, 0.29) is 18.5 Å². The molecule has 0 unspecified atom stereocenters. The molecule has 1 atom stereocenters. The van der Waals surface area contributed by atoms with Crippen molar-refractivity contribution in [1.29, 1.82) is 0 Å². The number of hydroxylamine groups is 2. The molecule has 0 radical (unpaired) electrons. The Morgan fingerprint density at radius 1 is 1.09 bits per heavy atom. The quantitative estimate of drug-likeness (QED) is 0.221. The van der Waals surface area contributed by atoms with Gasteiger partial charge < -0.3 is 15.4 Å². The zero-order valence-corrected chi connectivity index (χ0v) is 21.0. The summed E-state index contributed by atoms with van der Waals surface area (Å²) in [5.74, 6) is -0.408. The first-order chi connectivity index (χ1) is 16.9. The van der Waals surface area contributed by atoms with Gasteiger partial charge in [-0.05, 0) is 42.5 Å². The van der Waals surface area contributed by atoms with Gasteiger partial charge in [0.1, 0.15) is 12.6 Å². The van der Waals surface area contributed by atoms with E-state index in [0.29, 0.717) is 25.3 Å². The lowest BCUT2D eigenvalue weighted by Gasteiger charge is -2.21. The number of hydrogen-bond acceptors (Lipinski definition) is 6. The molecule has 0 fully saturated rings. The molecule has 0 bridgehead atoms. The van der Waals surface area contributed by atoms with Crippen LogP contribution in [0.1, 0.15) is 44.2 Å². The number of aryl methyl sites for hydroxylation is 1. The second-order valence-electron chi connectivity index (χ2n) is 8.28. The number of likely N-dealkylation sites (N-methyl/N-ethyl adjacent to an activating group) is 1. The third kappa shape index (κ3) is 11.1. The minimum absolute atomic E-state index is 0.0982. The van der Waals surface area contributed by atoms with Crippen LogP contribution in [-0.4, -0.2) is 43.2 Å². The number of benzene rings is 2. The number of allylic oxidation sites excluding steroid dienone is 1. The Labute approximate surface area is 208 Å². The van der Waals surface area contributed by atoms with Crippen LogP contribution in [0.4, 0.5) is 5.69 Å². The number of amides is 1. The average Bonchev–Trinajstić information content (AvgIpc) is 2.85. The largest absolute Gasteiger partial charge is 0.464 e. The van der Waals surface area contributed by atoms with Crippen molar-refractivity contribution in [1.82, 2.24) is 10.4 Å². The molecule has 35 heavy (non-hydrogen) atoms. The van der Waals surface area contributed by atoms with E-state index in [0.717, 1.165) is 30.5 Å². The van der Waals surface area contributed by atoms with E-state index in [4.69, 9.17) is 9.57 Å². The Bertz CT molecular complexity index is 969. The van der Waals surface area contributed by atoms with Crippen LogP contribution in [0.15, 0.2) is 72.6 Å². The van der Waals surface area contributed by atoms with Crippen molar-refractivity contribution in [3.8, 4) is 0 Å². The zero-order valence-electron chi connectivity index (χ0n) is 21.0. The molecule has 2 rings (SSSR count). The molecule has 0 spiro atoms. The van der Waals surface area contributed by atoms with Crippen LogP contribution in [-0.2, 0) is 32.2 Å². The first-order valence-corrected chi connectivity index (χ1v) is 12.0. The van der Waals surface area contributed by atoms with E-state index < -0.39 is 6.04 Å². The van der Waals surface area contributed by atoms with E-state index in [2.05, 4.69) is 42.0 Å². The molecular weight excluding hydrogens is 442 g/mol. The number of nitrogens with zero attached hydrogens (tertiary/aromatic N) is 1. The maximum Gasteiger partial charge on any atom is 0.302 e. The summed E-state index contributed by atoms with van der Waals surface area (Å²) in [5, 5.41) is 7.98. The SMILES string of the molecule is C=C=C(CCC)N[C@@H](CCc1ccccc1)C(=O)Nc1ccc(CON(C)CCOC(C)=O)cc1. The number of anilines is 1. The third-order valence-corrected chi connectivity index (χ3v) is 5.33. The molecule has 2 N–H and O–H groups in total. The number of hydrogen-bond donors (Lipinski definition) is 2. The Morgan fingerprint density at radius 2 is 1.80 bits per heavy atom. The molecule has 0 aliphatic carbocycles. The summed E-state index contributed by atoms with van der Waals surface area (Å²) < 4.78 is 4.91. The van der Waals surface area contributed by atoms with E-state index in [9.17, 15) is 9.59 Å². The highest BCUT2D eigenvalue weighted by Crippen LogP contribution is 2.14. The summed E-state index contributed by atoms with van der Waals surface area (Å²) in [6, 6.07) is 17.3. The fourth-order valence-electron chi connectivity index (χ4n) is 3.38. The van der Waals surface area contributed by atoms with Gasteiger partial charge >= 0.3 is 5.97 Å². The first kappa shape index (κ1) is 27.9. The van der Waals surface area contributed by atoms with Gasteiger partial charge in [0, 0.05) is 19.7 Å². The Hall–Kier alpha value is -3.38. The summed E-state index contributed by atoms with van der Waals surface area (Å²) >= 11 is 0. The van der Waals surface area contributed by atoms with Crippen molar-refractivity contribution >= 4 is 17.6 Å². The summed E-state index contributed by atoms with van der Waals surface area (Å²) in [6.07, 6.45) is 3.17. The fraction of sp³-hybridized carbons (Fsp3) is 0.393. The zero-order chi connectivity index (χ0) is 25.5. The number of carbonyl (C=O) groups is 2. The minimum Gasteiger partial charge on any atom is -0.464 e. The van der Waals surface area contributed by atoms with Crippen LogP contribution in [0.25, 0.3) is 0 Å². The summed E-state index contributed by atoms with van der Waals surface area (Å²) in [5.41, 5.74) is 6.65. The molecule has 0 heterocycles. The second kappa shape index (κ2) is 15.5. The lowest BCUT2D eigenvalue weighted by molar-refractivity contribution is -0.164. The molecule has 7 nitrogen and oxygen atoms in total. The molecular formula is C28H37N3O4. The standard InChI is InChI=1S/C28H37N3O4/c1-5-10-25(6-2)29-27(18-15-23-11-8-7-9-12-23)28(33)30-26-16-13-24(14-17-26)21-35-31(4)19-20-34-22(3)32/h7-9,11-14,16-17,27,29H,2,5,10,15,18-21H2,1,3-4H3,(H,30,33)/t27-/m0/s1. The molecule has 0 aromatic heterocycles. The summed E-state index contributed by atoms with van der Waals surface area (Å²) in [4.78, 5) is 29.6. The van der Waals surface area contributed by atoms with Crippen molar-refractivity contribution in [2.24, 2.45) is 0 Å². The topological polar surface area (TPSA) is 79.9 Å². The van der Waals surface area contributed by atoms with Crippen LogP contribution in [0.5, 0.6) is 0 Å². The molecule has 0 aliphatic rings. The van der Waals surface area contributed by atoms with Gasteiger partial charge in [0.25, 0.3) is 0 Å². The maximum absolute atomic E-state index is 13.1. The van der Waals surface area contributed by atoms with E-state index in [1.54, 1.807) is 12.1 Å². The summed E-state index contributed by atoms with van der Waals surface area (Å²) in [6.45, 7) is 8.35. The van der Waals surface area contributed by atoms with Gasteiger partial charge in [0.05, 0.1) is 18.8 Å². The second-order valence-corrected chi connectivity index (χ2v) is 8.28. The molecule has 0 saturated carbocycles. The van der Waals surface area contributed by atoms with Gasteiger partial charge in [-0.15, -0.1) is 5.73 Å². The van der Waals surface area contributed by atoms with E-state index >= 15 is 0 Å². The molecule has 2 aromatic carbocycles. The molecule has 0 aliphatic heterocycles. The predicted molar refractivity (Wildman–Crippen MR) is 138 cm³/mol. The van der Waals surface area contributed by atoms with Gasteiger partial charge in [-0.1, -0.05) is 62.4 Å². The van der Waals surface area contributed by atoms with Crippen molar-refractivity contribution in [2.45, 2.75) is 52.2 Å². The highest BCUT2D eigenvalue weighted by atomic mass is 16.7. The van der Waals surface area contributed by atoms with Crippen molar-refractivity contribution in [3.63, 3.8) is 0 Å². The van der Waals surface area contributed by atoms with Crippen molar-refractivity contribution in [2.75, 3.05) is 25.5 Å². The minimum atomic E-state index is -0.403. The van der Waals surface area contributed by atoms with Gasteiger partial charge in [-0.3, -0.25) is 14.4 Å². The molecule has 1 amide bonds. The number of esters is 1. The molecule has 0 saturated heterocycles. The van der Waals surface area contributed by atoms with E-state index in [1.807, 2.05) is 42.5 Å². The maximum atomic E-state index is 13.1.